The van der Waals surface area contributed by atoms with Gasteiger partial charge in [-0.3, -0.25) is 0 Å². The van der Waals surface area contributed by atoms with Crippen molar-refractivity contribution in [3.05, 3.63) is 31.1 Å². The van der Waals surface area contributed by atoms with Crippen LogP contribution in [0, 0.1) is 6.92 Å². The standard InChI is InChI=1S/C25H41N2O4/c1-3-4-5-6-7-8-9-10-11-12-13-14-15-16-17-23-20-25(27-31-23)28-21-22(2)30-24-18-19-29-26-24/h18-20,22H,2-17,21H2,1H3. The molecule has 0 amide bonds. The summed E-state index contributed by atoms with van der Waals surface area (Å²) in [6.45, 7) is 6.41. The molecule has 2 heterocycles. The molecule has 2 aromatic heterocycles. The van der Waals surface area contributed by atoms with E-state index in [1.54, 1.807) is 6.07 Å². The zero-order valence-electron chi connectivity index (χ0n) is 19.4. The Bertz CT molecular complexity index is 642. The minimum Gasteiger partial charge on any atom is -0.472 e. The van der Waals surface area contributed by atoms with Crippen molar-refractivity contribution >= 4 is 0 Å². The summed E-state index contributed by atoms with van der Waals surface area (Å²) in [5.41, 5.74) is 0. The molecular weight excluding hydrogens is 392 g/mol. The average molecular weight is 434 g/mol. The van der Waals surface area contributed by atoms with Crippen LogP contribution in [-0.2, 0) is 6.42 Å². The molecular formula is C25H41N2O4. The second kappa shape index (κ2) is 16.7. The maximum Gasteiger partial charge on any atom is 0.254 e. The van der Waals surface area contributed by atoms with Crippen LogP contribution >= 0.6 is 0 Å². The molecule has 2 aromatic rings. The average Bonchev–Trinajstić information content (AvgIpc) is 3.44. The molecule has 0 aliphatic rings. The van der Waals surface area contributed by atoms with Gasteiger partial charge in [0.1, 0.15) is 24.7 Å². The van der Waals surface area contributed by atoms with E-state index < -0.39 is 6.10 Å². The van der Waals surface area contributed by atoms with Crippen LogP contribution in [0.1, 0.15) is 103 Å². The molecule has 31 heavy (non-hydrogen) atoms. The van der Waals surface area contributed by atoms with Crippen LogP contribution in [0.2, 0.25) is 0 Å². The molecule has 0 aromatic carbocycles. The zero-order valence-corrected chi connectivity index (χ0v) is 19.4. The highest BCUT2D eigenvalue weighted by Crippen LogP contribution is 2.17. The van der Waals surface area contributed by atoms with Gasteiger partial charge in [0.05, 0.1) is 0 Å². The lowest BCUT2D eigenvalue weighted by atomic mass is 10.0. The van der Waals surface area contributed by atoms with Gasteiger partial charge >= 0.3 is 0 Å². The van der Waals surface area contributed by atoms with E-state index in [0.29, 0.717) is 11.8 Å². The summed E-state index contributed by atoms with van der Waals surface area (Å²) in [4.78, 5) is 0. The number of hydrogen-bond donors (Lipinski definition) is 0. The third kappa shape index (κ3) is 12.5. The van der Waals surface area contributed by atoms with Crippen LogP contribution in [0.3, 0.4) is 0 Å². The smallest absolute Gasteiger partial charge is 0.254 e. The Morgan fingerprint density at radius 1 is 0.839 bits per heavy atom. The molecule has 0 saturated carbocycles. The molecule has 0 spiro atoms. The van der Waals surface area contributed by atoms with Crippen molar-refractivity contribution in [3.63, 3.8) is 0 Å². The second-order valence-corrected chi connectivity index (χ2v) is 8.37. The van der Waals surface area contributed by atoms with Gasteiger partial charge in [-0.25, -0.2) is 0 Å². The van der Waals surface area contributed by atoms with Gasteiger partial charge in [-0.2, -0.15) is 0 Å². The zero-order chi connectivity index (χ0) is 22.0. The van der Waals surface area contributed by atoms with E-state index in [1.165, 1.54) is 89.7 Å². The van der Waals surface area contributed by atoms with Crippen LogP contribution in [0.4, 0.5) is 0 Å². The van der Waals surface area contributed by atoms with Crippen LogP contribution in [0.5, 0.6) is 11.8 Å². The monoisotopic (exact) mass is 433 g/mol. The van der Waals surface area contributed by atoms with E-state index in [0.717, 1.165) is 18.6 Å². The van der Waals surface area contributed by atoms with Gasteiger partial charge in [0, 0.05) is 18.6 Å². The van der Waals surface area contributed by atoms with Crippen LogP contribution < -0.4 is 9.47 Å². The van der Waals surface area contributed by atoms with E-state index in [9.17, 15) is 0 Å². The van der Waals surface area contributed by atoms with Gasteiger partial charge in [-0.05, 0) is 23.7 Å². The fraction of sp³-hybridized carbons (Fsp3) is 0.720. The highest BCUT2D eigenvalue weighted by molar-refractivity contribution is 5.11. The first-order valence-corrected chi connectivity index (χ1v) is 12.3. The largest absolute Gasteiger partial charge is 0.472 e. The summed E-state index contributed by atoms with van der Waals surface area (Å²) in [5.74, 6) is 1.73. The molecule has 1 unspecified atom stereocenters. The number of rotatable bonds is 20. The van der Waals surface area contributed by atoms with Gasteiger partial charge in [-0.1, -0.05) is 90.4 Å². The predicted octanol–water partition coefficient (Wildman–Crippen LogP) is 7.35. The van der Waals surface area contributed by atoms with Crippen LogP contribution in [0.15, 0.2) is 27.4 Å². The number of ether oxygens (including phenoxy) is 2. The molecule has 6 nitrogen and oxygen atoms in total. The molecule has 0 aliphatic heterocycles. The fourth-order valence-electron chi connectivity index (χ4n) is 3.62. The van der Waals surface area contributed by atoms with E-state index in [2.05, 4.69) is 24.2 Å². The SMILES string of the molecule is [CH2]C(COc1cc(CCCCCCCCCCCCCCCC)on1)Oc1ccon1. The van der Waals surface area contributed by atoms with E-state index in [1.807, 2.05) is 6.07 Å². The van der Waals surface area contributed by atoms with Gasteiger partial charge in [0.15, 0.2) is 0 Å². The Hall–Kier alpha value is -1.98. The molecule has 1 atom stereocenters. The third-order valence-electron chi connectivity index (χ3n) is 5.43. The molecule has 2 rings (SSSR count). The summed E-state index contributed by atoms with van der Waals surface area (Å²) >= 11 is 0. The Kier molecular flexibility index (Phi) is 13.6. The predicted molar refractivity (Wildman–Crippen MR) is 122 cm³/mol. The van der Waals surface area contributed by atoms with Crippen molar-refractivity contribution in [1.82, 2.24) is 10.3 Å². The lowest BCUT2D eigenvalue weighted by molar-refractivity contribution is 0.144. The van der Waals surface area contributed by atoms with E-state index >= 15 is 0 Å². The van der Waals surface area contributed by atoms with Crippen molar-refractivity contribution in [2.24, 2.45) is 0 Å². The molecule has 0 N–H and O–H groups in total. The molecule has 6 heteroatoms. The number of nitrogens with zero attached hydrogens (tertiary/aromatic N) is 2. The number of hydrogen-bond acceptors (Lipinski definition) is 6. The van der Waals surface area contributed by atoms with Crippen molar-refractivity contribution in [3.8, 4) is 11.8 Å². The molecule has 1 radical (unpaired) electrons. The first kappa shape index (κ1) is 25.3. The Balaban J connectivity index is 1.38. The summed E-state index contributed by atoms with van der Waals surface area (Å²) < 4.78 is 21.1. The minimum atomic E-state index is -0.406. The summed E-state index contributed by atoms with van der Waals surface area (Å²) in [7, 11) is 0. The topological polar surface area (TPSA) is 70.5 Å². The maximum atomic E-state index is 5.57. The van der Waals surface area contributed by atoms with Gasteiger partial charge < -0.3 is 18.5 Å². The Labute approximate surface area is 188 Å². The maximum absolute atomic E-state index is 5.57. The lowest BCUT2D eigenvalue weighted by Crippen LogP contribution is -2.21. The van der Waals surface area contributed by atoms with Gasteiger partial charge in [0.25, 0.3) is 11.8 Å². The van der Waals surface area contributed by atoms with Gasteiger partial charge in [0.2, 0.25) is 0 Å². The quantitative estimate of drug-likeness (QED) is 0.203. The number of unbranched alkanes of at least 4 members (excludes halogenated alkanes) is 13. The fourth-order valence-corrected chi connectivity index (χ4v) is 3.62. The highest BCUT2D eigenvalue weighted by atomic mass is 16.6. The number of aromatic nitrogens is 2. The van der Waals surface area contributed by atoms with Crippen LogP contribution in [-0.4, -0.2) is 23.0 Å². The summed E-state index contributed by atoms with van der Waals surface area (Å²) in [6, 6.07) is 3.48. The van der Waals surface area contributed by atoms with Crippen molar-refractivity contribution in [2.45, 2.75) is 109 Å². The highest BCUT2D eigenvalue weighted by Gasteiger charge is 2.10. The van der Waals surface area contributed by atoms with Crippen molar-refractivity contribution in [2.75, 3.05) is 6.61 Å². The number of aryl methyl sites for hydroxylation is 1. The minimum absolute atomic E-state index is 0.262. The molecule has 0 bridgehead atoms. The van der Waals surface area contributed by atoms with Crippen molar-refractivity contribution < 1.29 is 18.5 Å². The van der Waals surface area contributed by atoms with E-state index in [-0.39, 0.29) is 6.61 Å². The Morgan fingerprint density at radius 3 is 2.03 bits per heavy atom. The first-order valence-electron chi connectivity index (χ1n) is 12.3. The second-order valence-electron chi connectivity index (χ2n) is 8.37. The lowest BCUT2D eigenvalue weighted by Gasteiger charge is -2.11. The Morgan fingerprint density at radius 2 is 1.45 bits per heavy atom. The van der Waals surface area contributed by atoms with Gasteiger partial charge in [-0.15, -0.1) is 0 Å². The van der Waals surface area contributed by atoms with E-state index in [4.69, 9.17) is 18.5 Å². The third-order valence-corrected chi connectivity index (χ3v) is 5.43. The summed E-state index contributed by atoms with van der Waals surface area (Å²) in [5, 5.41) is 7.63. The molecule has 0 saturated heterocycles. The normalized spacial score (nSPS) is 12.2. The van der Waals surface area contributed by atoms with Crippen molar-refractivity contribution in [1.29, 1.82) is 0 Å². The molecule has 175 valence electrons. The summed E-state index contributed by atoms with van der Waals surface area (Å²) in [6.07, 6.45) is 21.0. The molecule has 0 aliphatic carbocycles. The van der Waals surface area contributed by atoms with Crippen LogP contribution in [0.25, 0.3) is 0 Å². The molecule has 0 fully saturated rings. The first-order chi connectivity index (χ1) is 15.3.